The van der Waals surface area contributed by atoms with E-state index in [9.17, 15) is 9.59 Å². The second-order valence-electron chi connectivity index (χ2n) is 6.59. The summed E-state index contributed by atoms with van der Waals surface area (Å²) in [5.41, 5.74) is 0.935. The maximum Gasteiger partial charge on any atom is 0.265 e. The summed E-state index contributed by atoms with van der Waals surface area (Å²) in [6.07, 6.45) is 1.77. The van der Waals surface area contributed by atoms with Gasteiger partial charge in [0.15, 0.2) is 0 Å². The lowest BCUT2D eigenvalue weighted by Crippen LogP contribution is -2.49. The monoisotopic (exact) mass is 426 g/mol. The molecule has 148 valence electrons. The number of nitrogens with zero attached hydrogens (tertiary/aromatic N) is 3. The molecule has 0 aliphatic carbocycles. The van der Waals surface area contributed by atoms with Gasteiger partial charge in [-0.2, -0.15) is 0 Å². The second kappa shape index (κ2) is 8.63. The van der Waals surface area contributed by atoms with Gasteiger partial charge in [0.25, 0.3) is 11.8 Å². The smallest absolute Gasteiger partial charge is 0.265 e. The van der Waals surface area contributed by atoms with Crippen LogP contribution in [0.15, 0.2) is 60.1 Å². The average Bonchev–Trinajstić information content (AvgIpc) is 3.31. The van der Waals surface area contributed by atoms with Crippen LogP contribution in [0.4, 0.5) is 11.5 Å². The van der Waals surface area contributed by atoms with E-state index in [2.05, 4.69) is 15.2 Å². The molecule has 0 spiro atoms. The van der Waals surface area contributed by atoms with Crippen molar-refractivity contribution in [1.29, 1.82) is 0 Å². The van der Waals surface area contributed by atoms with Crippen molar-refractivity contribution < 1.29 is 9.59 Å². The van der Waals surface area contributed by atoms with E-state index in [0.29, 0.717) is 34.2 Å². The molecule has 1 N–H and O–H groups in total. The third kappa shape index (κ3) is 4.41. The Labute approximate surface area is 177 Å². The summed E-state index contributed by atoms with van der Waals surface area (Å²) >= 11 is 7.58. The number of anilines is 2. The van der Waals surface area contributed by atoms with Crippen LogP contribution in [0, 0.1) is 0 Å². The fraction of sp³-hybridized carbons (Fsp3) is 0.190. The molecule has 2 amide bonds. The number of rotatable bonds is 4. The zero-order valence-corrected chi connectivity index (χ0v) is 17.1. The number of pyridine rings is 1. The standard InChI is InChI=1S/C21H19ClN4O2S/c22-16-7-6-15(14-17(16)24-20(27)18-4-3-13-29-18)21(28)26-11-9-25(10-12-26)19-5-1-2-8-23-19/h1-8,13-14H,9-12H2,(H,24,27). The van der Waals surface area contributed by atoms with Crippen molar-refractivity contribution in [2.24, 2.45) is 0 Å². The lowest BCUT2D eigenvalue weighted by molar-refractivity contribution is 0.0746. The minimum absolute atomic E-state index is 0.0750. The Hall–Kier alpha value is -2.90. The van der Waals surface area contributed by atoms with Crippen LogP contribution in [-0.2, 0) is 0 Å². The first kappa shape index (κ1) is 19.4. The van der Waals surface area contributed by atoms with Crippen molar-refractivity contribution >= 4 is 46.3 Å². The Bertz CT molecular complexity index is 1000. The molecular weight excluding hydrogens is 408 g/mol. The number of piperazine rings is 1. The van der Waals surface area contributed by atoms with E-state index in [1.807, 2.05) is 34.5 Å². The molecule has 4 rings (SSSR count). The number of carbonyl (C=O) groups is 2. The van der Waals surface area contributed by atoms with Crippen molar-refractivity contribution in [2.75, 3.05) is 36.4 Å². The number of hydrogen-bond donors (Lipinski definition) is 1. The first-order chi connectivity index (χ1) is 14.1. The van der Waals surface area contributed by atoms with Crippen molar-refractivity contribution in [3.63, 3.8) is 0 Å². The summed E-state index contributed by atoms with van der Waals surface area (Å²) in [6, 6.07) is 14.3. The first-order valence-electron chi connectivity index (χ1n) is 9.21. The van der Waals surface area contributed by atoms with Crippen LogP contribution in [-0.4, -0.2) is 47.9 Å². The highest BCUT2D eigenvalue weighted by molar-refractivity contribution is 7.12. The molecule has 1 aromatic carbocycles. The first-order valence-corrected chi connectivity index (χ1v) is 10.5. The number of thiophene rings is 1. The maximum atomic E-state index is 13.0. The Morgan fingerprint density at radius 2 is 1.86 bits per heavy atom. The van der Waals surface area contributed by atoms with Crippen LogP contribution in [0.3, 0.4) is 0 Å². The molecule has 0 unspecified atom stereocenters. The summed E-state index contributed by atoms with van der Waals surface area (Å²) in [6.45, 7) is 2.65. The largest absolute Gasteiger partial charge is 0.353 e. The van der Waals surface area contributed by atoms with Crippen LogP contribution < -0.4 is 10.2 Å². The molecule has 3 aromatic rings. The van der Waals surface area contributed by atoms with E-state index < -0.39 is 0 Å². The van der Waals surface area contributed by atoms with E-state index >= 15 is 0 Å². The number of hydrogen-bond acceptors (Lipinski definition) is 5. The molecule has 0 atom stereocenters. The summed E-state index contributed by atoms with van der Waals surface area (Å²) in [5.74, 6) is 0.606. The van der Waals surface area contributed by atoms with Crippen LogP contribution in [0.1, 0.15) is 20.0 Å². The molecule has 2 aromatic heterocycles. The summed E-state index contributed by atoms with van der Waals surface area (Å²) < 4.78 is 0. The number of nitrogens with one attached hydrogen (secondary N) is 1. The van der Waals surface area contributed by atoms with Crippen molar-refractivity contribution in [2.45, 2.75) is 0 Å². The minimum Gasteiger partial charge on any atom is -0.353 e. The van der Waals surface area contributed by atoms with Gasteiger partial charge in [-0.1, -0.05) is 23.7 Å². The van der Waals surface area contributed by atoms with Gasteiger partial charge in [0.1, 0.15) is 5.82 Å². The molecule has 29 heavy (non-hydrogen) atoms. The highest BCUT2D eigenvalue weighted by atomic mass is 35.5. The zero-order chi connectivity index (χ0) is 20.2. The summed E-state index contributed by atoms with van der Waals surface area (Å²) in [5, 5.41) is 5.02. The number of carbonyl (C=O) groups excluding carboxylic acids is 2. The van der Waals surface area contributed by atoms with Gasteiger partial charge in [0, 0.05) is 37.9 Å². The van der Waals surface area contributed by atoms with Crippen LogP contribution in [0.2, 0.25) is 5.02 Å². The van der Waals surface area contributed by atoms with Gasteiger partial charge in [-0.3, -0.25) is 9.59 Å². The Kier molecular flexibility index (Phi) is 5.78. The molecule has 3 heterocycles. The second-order valence-corrected chi connectivity index (χ2v) is 7.95. The molecule has 0 saturated carbocycles. The molecule has 8 heteroatoms. The Morgan fingerprint density at radius 3 is 2.55 bits per heavy atom. The Morgan fingerprint density at radius 1 is 1.03 bits per heavy atom. The van der Waals surface area contributed by atoms with E-state index in [0.717, 1.165) is 18.9 Å². The molecular formula is C21H19ClN4O2S. The van der Waals surface area contributed by atoms with Crippen molar-refractivity contribution in [1.82, 2.24) is 9.88 Å². The van der Waals surface area contributed by atoms with Crippen LogP contribution in [0.5, 0.6) is 0 Å². The molecule has 1 saturated heterocycles. The Balaban J connectivity index is 1.43. The summed E-state index contributed by atoms with van der Waals surface area (Å²) in [7, 11) is 0. The SMILES string of the molecule is O=C(Nc1cc(C(=O)N2CCN(c3ccccn3)CC2)ccc1Cl)c1cccs1. The molecule has 6 nitrogen and oxygen atoms in total. The van der Waals surface area contributed by atoms with Gasteiger partial charge in [0.2, 0.25) is 0 Å². The van der Waals surface area contributed by atoms with Gasteiger partial charge in [0.05, 0.1) is 15.6 Å². The number of aromatic nitrogens is 1. The maximum absolute atomic E-state index is 13.0. The van der Waals surface area contributed by atoms with Gasteiger partial charge in [-0.25, -0.2) is 4.98 Å². The topological polar surface area (TPSA) is 65.5 Å². The van der Waals surface area contributed by atoms with Gasteiger partial charge in [-0.15, -0.1) is 11.3 Å². The zero-order valence-electron chi connectivity index (χ0n) is 15.5. The predicted molar refractivity (Wildman–Crippen MR) is 116 cm³/mol. The van der Waals surface area contributed by atoms with E-state index in [1.54, 1.807) is 30.5 Å². The number of halogens is 1. The minimum atomic E-state index is -0.240. The fourth-order valence-electron chi connectivity index (χ4n) is 3.21. The molecule has 0 radical (unpaired) electrons. The lowest BCUT2D eigenvalue weighted by Gasteiger charge is -2.35. The average molecular weight is 427 g/mol. The van der Waals surface area contributed by atoms with Gasteiger partial charge < -0.3 is 15.1 Å². The number of amides is 2. The van der Waals surface area contributed by atoms with Crippen molar-refractivity contribution in [3.05, 3.63) is 75.6 Å². The highest BCUT2D eigenvalue weighted by Crippen LogP contribution is 2.25. The third-order valence-electron chi connectivity index (χ3n) is 4.75. The van der Waals surface area contributed by atoms with E-state index in [1.165, 1.54) is 11.3 Å². The fourth-order valence-corrected chi connectivity index (χ4v) is 3.99. The van der Waals surface area contributed by atoms with E-state index in [4.69, 9.17) is 11.6 Å². The summed E-state index contributed by atoms with van der Waals surface area (Å²) in [4.78, 5) is 34.2. The van der Waals surface area contributed by atoms with Crippen LogP contribution in [0.25, 0.3) is 0 Å². The lowest BCUT2D eigenvalue weighted by atomic mass is 10.1. The molecule has 1 aliphatic heterocycles. The van der Waals surface area contributed by atoms with E-state index in [-0.39, 0.29) is 11.8 Å². The molecule has 0 bridgehead atoms. The third-order valence-corrected chi connectivity index (χ3v) is 5.94. The van der Waals surface area contributed by atoms with Crippen molar-refractivity contribution in [3.8, 4) is 0 Å². The van der Waals surface area contributed by atoms with Crippen LogP contribution >= 0.6 is 22.9 Å². The number of benzene rings is 1. The predicted octanol–water partition coefficient (Wildman–Crippen LogP) is 4.01. The van der Waals surface area contributed by atoms with Gasteiger partial charge >= 0.3 is 0 Å². The highest BCUT2D eigenvalue weighted by Gasteiger charge is 2.23. The normalized spacial score (nSPS) is 14.0. The molecule has 1 fully saturated rings. The molecule has 1 aliphatic rings. The van der Waals surface area contributed by atoms with Gasteiger partial charge in [-0.05, 0) is 41.8 Å². The quantitative estimate of drug-likeness (QED) is 0.684.